The third kappa shape index (κ3) is 4.82. The summed E-state index contributed by atoms with van der Waals surface area (Å²) >= 11 is 1.48. The van der Waals surface area contributed by atoms with Crippen LogP contribution in [0.5, 0.6) is 0 Å². The number of hydrogen-bond donors (Lipinski definition) is 3. The molecule has 1 aromatic heterocycles. The summed E-state index contributed by atoms with van der Waals surface area (Å²) in [5.41, 5.74) is 2.28. The fourth-order valence-corrected chi connectivity index (χ4v) is 6.02. The fourth-order valence-electron chi connectivity index (χ4n) is 4.73. The molecule has 2 atom stereocenters. The molecule has 1 heterocycles. The summed E-state index contributed by atoms with van der Waals surface area (Å²) in [6.45, 7) is 0. The summed E-state index contributed by atoms with van der Waals surface area (Å²) in [5, 5.41) is 16.0. The van der Waals surface area contributed by atoms with Crippen molar-refractivity contribution in [2.24, 2.45) is 11.8 Å². The van der Waals surface area contributed by atoms with Crippen molar-refractivity contribution >= 4 is 39.8 Å². The van der Waals surface area contributed by atoms with E-state index in [-0.39, 0.29) is 11.8 Å². The van der Waals surface area contributed by atoms with E-state index in [4.69, 9.17) is 0 Å². The standard InChI is InChI=1S/C24H28N2O4S/c27-21(16-11-7-8-12-17(16)24(29)30)26-23-20(18-13-5-2-6-14-19(18)31-23)22(28)25-15-9-3-1-4-10-15/h1,3-4,9-10,16-17H,2,5-8,11-14H2,(H,25,28)(H,26,27)(H,29,30)/t16-,17-/m0/s1. The maximum absolute atomic E-state index is 13.3. The van der Waals surface area contributed by atoms with Crippen LogP contribution in [-0.2, 0) is 22.4 Å². The summed E-state index contributed by atoms with van der Waals surface area (Å²) in [7, 11) is 0. The Morgan fingerprint density at radius 3 is 2.32 bits per heavy atom. The molecule has 2 aromatic rings. The van der Waals surface area contributed by atoms with E-state index in [1.54, 1.807) is 0 Å². The lowest BCUT2D eigenvalue weighted by atomic mass is 9.78. The van der Waals surface area contributed by atoms with E-state index in [1.807, 2.05) is 30.3 Å². The molecule has 7 heteroatoms. The molecule has 3 N–H and O–H groups in total. The van der Waals surface area contributed by atoms with Crippen LogP contribution in [0, 0.1) is 11.8 Å². The van der Waals surface area contributed by atoms with Crippen LogP contribution < -0.4 is 10.6 Å². The predicted molar refractivity (Wildman–Crippen MR) is 122 cm³/mol. The summed E-state index contributed by atoms with van der Waals surface area (Å²) in [6, 6.07) is 9.28. The Bertz CT molecular complexity index is 969. The highest BCUT2D eigenvalue weighted by Crippen LogP contribution is 2.39. The maximum Gasteiger partial charge on any atom is 0.307 e. The summed E-state index contributed by atoms with van der Waals surface area (Å²) in [5.74, 6) is -2.63. The topological polar surface area (TPSA) is 95.5 Å². The number of benzene rings is 1. The zero-order chi connectivity index (χ0) is 21.8. The van der Waals surface area contributed by atoms with Gasteiger partial charge >= 0.3 is 5.97 Å². The van der Waals surface area contributed by atoms with Crippen molar-refractivity contribution in [3.05, 3.63) is 46.3 Å². The molecule has 31 heavy (non-hydrogen) atoms. The second-order valence-corrected chi connectivity index (χ2v) is 9.52. The zero-order valence-electron chi connectivity index (χ0n) is 17.5. The minimum Gasteiger partial charge on any atom is -0.481 e. The lowest BCUT2D eigenvalue weighted by molar-refractivity contribution is -0.147. The number of carboxylic acids is 1. The van der Waals surface area contributed by atoms with Crippen LogP contribution in [-0.4, -0.2) is 22.9 Å². The minimum atomic E-state index is -0.913. The van der Waals surface area contributed by atoms with E-state index in [1.165, 1.54) is 11.3 Å². The monoisotopic (exact) mass is 440 g/mol. The number of thiophene rings is 1. The van der Waals surface area contributed by atoms with E-state index < -0.39 is 17.8 Å². The highest BCUT2D eigenvalue weighted by molar-refractivity contribution is 7.17. The number of hydrogen-bond acceptors (Lipinski definition) is 4. The molecule has 1 saturated carbocycles. The van der Waals surface area contributed by atoms with Crippen molar-refractivity contribution in [3.63, 3.8) is 0 Å². The number of carbonyl (C=O) groups excluding carboxylic acids is 2. The average Bonchev–Trinajstić information content (AvgIpc) is 2.94. The lowest BCUT2D eigenvalue weighted by Crippen LogP contribution is -2.36. The number of nitrogens with one attached hydrogen (secondary N) is 2. The molecule has 1 aromatic carbocycles. The molecule has 4 rings (SSSR count). The van der Waals surface area contributed by atoms with Crippen LogP contribution in [0.15, 0.2) is 30.3 Å². The van der Waals surface area contributed by atoms with Gasteiger partial charge in [0.1, 0.15) is 5.00 Å². The van der Waals surface area contributed by atoms with Crippen LogP contribution in [0.1, 0.15) is 65.7 Å². The third-order valence-corrected chi connectivity index (χ3v) is 7.54. The summed E-state index contributed by atoms with van der Waals surface area (Å²) in [6.07, 6.45) is 7.73. The van der Waals surface area contributed by atoms with Gasteiger partial charge in [-0.05, 0) is 56.2 Å². The quantitative estimate of drug-likeness (QED) is 0.564. The van der Waals surface area contributed by atoms with Gasteiger partial charge in [0, 0.05) is 10.6 Å². The molecule has 2 aliphatic rings. The molecular formula is C24H28N2O4S. The highest BCUT2D eigenvalue weighted by atomic mass is 32.1. The van der Waals surface area contributed by atoms with Crippen LogP contribution in [0.4, 0.5) is 10.7 Å². The van der Waals surface area contributed by atoms with Gasteiger partial charge < -0.3 is 15.7 Å². The molecule has 1 fully saturated rings. The normalized spacial score (nSPS) is 20.9. The molecule has 0 unspecified atom stereocenters. The molecule has 0 spiro atoms. The smallest absolute Gasteiger partial charge is 0.307 e. The van der Waals surface area contributed by atoms with Crippen molar-refractivity contribution in [2.45, 2.75) is 57.8 Å². The predicted octanol–water partition coefficient (Wildman–Crippen LogP) is 5.10. The number of fused-ring (bicyclic) bond motifs is 1. The minimum absolute atomic E-state index is 0.223. The van der Waals surface area contributed by atoms with Gasteiger partial charge in [-0.3, -0.25) is 14.4 Å². The molecule has 2 amide bonds. The van der Waals surface area contributed by atoms with Crippen LogP contribution in [0.3, 0.4) is 0 Å². The number of carbonyl (C=O) groups is 3. The number of carboxylic acid groups (broad SMARTS) is 1. The van der Waals surface area contributed by atoms with Gasteiger partial charge in [-0.15, -0.1) is 11.3 Å². The lowest BCUT2D eigenvalue weighted by Gasteiger charge is -2.27. The molecule has 0 saturated heterocycles. The molecule has 0 radical (unpaired) electrons. The Labute approximate surface area is 186 Å². The Hall–Kier alpha value is -2.67. The average molecular weight is 441 g/mol. The molecule has 0 bridgehead atoms. The Balaban J connectivity index is 1.63. The second-order valence-electron chi connectivity index (χ2n) is 8.41. The molecule has 0 aliphatic heterocycles. The SMILES string of the molecule is O=C(Nc1ccccc1)c1c(NC(=O)[C@H]2CCCC[C@@H]2C(=O)O)sc2c1CCCCC2. The van der Waals surface area contributed by atoms with E-state index >= 15 is 0 Å². The molecule has 2 aliphatic carbocycles. The number of rotatable bonds is 5. The highest BCUT2D eigenvalue weighted by Gasteiger charge is 2.37. The summed E-state index contributed by atoms with van der Waals surface area (Å²) in [4.78, 5) is 39.2. The van der Waals surface area contributed by atoms with Gasteiger partial charge in [0.15, 0.2) is 0 Å². The number of aryl methyl sites for hydroxylation is 1. The first-order valence-electron chi connectivity index (χ1n) is 11.1. The third-order valence-electron chi connectivity index (χ3n) is 6.34. The van der Waals surface area contributed by atoms with Crippen molar-refractivity contribution in [1.82, 2.24) is 0 Å². The van der Waals surface area contributed by atoms with E-state index in [2.05, 4.69) is 10.6 Å². The number of amides is 2. The van der Waals surface area contributed by atoms with E-state index in [0.717, 1.165) is 55.4 Å². The first-order chi connectivity index (χ1) is 15.0. The van der Waals surface area contributed by atoms with Crippen molar-refractivity contribution < 1.29 is 19.5 Å². The van der Waals surface area contributed by atoms with E-state index in [9.17, 15) is 19.5 Å². The van der Waals surface area contributed by atoms with Crippen LogP contribution >= 0.6 is 11.3 Å². The molecular weight excluding hydrogens is 412 g/mol. The van der Waals surface area contributed by atoms with Gasteiger partial charge in [-0.2, -0.15) is 0 Å². The number of para-hydroxylation sites is 1. The van der Waals surface area contributed by atoms with Crippen LogP contribution in [0.25, 0.3) is 0 Å². The first kappa shape index (κ1) is 21.6. The van der Waals surface area contributed by atoms with Gasteiger partial charge in [0.05, 0.1) is 17.4 Å². The number of anilines is 2. The second kappa shape index (κ2) is 9.64. The largest absolute Gasteiger partial charge is 0.481 e. The fraction of sp³-hybridized carbons (Fsp3) is 0.458. The summed E-state index contributed by atoms with van der Waals surface area (Å²) < 4.78 is 0. The van der Waals surface area contributed by atoms with Crippen molar-refractivity contribution in [2.75, 3.05) is 10.6 Å². The van der Waals surface area contributed by atoms with Gasteiger partial charge in [0.2, 0.25) is 5.91 Å². The maximum atomic E-state index is 13.3. The Morgan fingerprint density at radius 1 is 0.871 bits per heavy atom. The Kier molecular flexibility index (Phi) is 6.70. The van der Waals surface area contributed by atoms with Gasteiger partial charge in [-0.25, -0.2) is 0 Å². The molecule has 164 valence electrons. The van der Waals surface area contributed by atoms with E-state index in [0.29, 0.717) is 29.1 Å². The number of aliphatic carboxylic acids is 1. The first-order valence-corrected chi connectivity index (χ1v) is 11.9. The Morgan fingerprint density at radius 2 is 1.58 bits per heavy atom. The van der Waals surface area contributed by atoms with Crippen LogP contribution in [0.2, 0.25) is 0 Å². The van der Waals surface area contributed by atoms with Crippen molar-refractivity contribution in [3.8, 4) is 0 Å². The van der Waals surface area contributed by atoms with Crippen molar-refractivity contribution in [1.29, 1.82) is 0 Å². The molecule has 6 nitrogen and oxygen atoms in total. The van der Waals surface area contributed by atoms with Gasteiger partial charge in [-0.1, -0.05) is 37.5 Å². The van der Waals surface area contributed by atoms with Gasteiger partial charge in [0.25, 0.3) is 5.91 Å². The zero-order valence-corrected chi connectivity index (χ0v) is 18.3.